The number of carboxylic acids is 1. The van der Waals surface area contributed by atoms with E-state index in [-0.39, 0.29) is 16.4 Å². The molecule has 0 saturated carbocycles. The van der Waals surface area contributed by atoms with Crippen LogP contribution in [-0.2, 0) is 0 Å². The van der Waals surface area contributed by atoms with Crippen molar-refractivity contribution in [1.29, 1.82) is 0 Å². The summed E-state index contributed by atoms with van der Waals surface area (Å²) < 4.78 is 0.396. The first-order valence-electron chi connectivity index (χ1n) is 6.27. The molecule has 0 saturated heterocycles. The average Bonchev–Trinajstić information content (AvgIpc) is 2.51. The lowest BCUT2D eigenvalue weighted by molar-refractivity contribution is -0.385. The van der Waals surface area contributed by atoms with Gasteiger partial charge in [-0.05, 0) is 28.1 Å². The van der Waals surface area contributed by atoms with Gasteiger partial charge in [0.15, 0.2) is 0 Å². The molecule has 1 amide bonds. The zero-order valence-electron chi connectivity index (χ0n) is 11.7. The third-order valence-corrected chi connectivity index (χ3v) is 3.99. The number of nitrogen functional groups attached to an aromatic ring is 1. The fourth-order valence-corrected chi connectivity index (χ4v) is 2.74. The van der Waals surface area contributed by atoms with Crippen molar-refractivity contribution in [3.05, 3.63) is 61.1 Å². The number of nitrogens with zero attached hydrogens (tertiary/aromatic N) is 1. The maximum absolute atomic E-state index is 12.4. The molecule has 2 aromatic carbocycles. The molecule has 0 spiro atoms. The van der Waals surface area contributed by atoms with E-state index in [0.717, 1.165) is 18.2 Å². The largest absolute Gasteiger partial charge is 0.545 e. The summed E-state index contributed by atoms with van der Waals surface area (Å²) in [6.45, 7) is 0. The number of benzene rings is 2. The van der Waals surface area contributed by atoms with Gasteiger partial charge in [0.2, 0.25) is 0 Å². The van der Waals surface area contributed by atoms with Crippen LogP contribution in [0.1, 0.15) is 20.7 Å². The highest BCUT2D eigenvalue weighted by Crippen LogP contribution is 2.32. The molecule has 124 valence electrons. The van der Waals surface area contributed by atoms with Crippen molar-refractivity contribution in [2.24, 2.45) is 0 Å². The summed E-state index contributed by atoms with van der Waals surface area (Å²) in [6, 6.07) is 5.96. The van der Waals surface area contributed by atoms with E-state index in [1.807, 2.05) is 0 Å². The maximum atomic E-state index is 12.4. The zero-order chi connectivity index (χ0) is 18.0. The number of amides is 1. The molecule has 10 heteroatoms. The minimum atomic E-state index is -1.71. The van der Waals surface area contributed by atoms with Gasteiger partial charge >= 0.3 is 0 Å². The van der Waals surface area contributed by atoms with E-state index < -0.39 is 33.6 Å². The second-order valence-corrected chi connectivity index (χ2v) is 5.81. The van der Waals surface area contributed by atoms with Gasteiger partial charge in [-0.2, -0.15) is 0 Å². The van der Waals surface area contributed by atoms with Crippen LogP contribution < -0.4 is 16.2 Å². The Labute approximate surface area is 148 Å². The number of nitrogens with one attached hydrogen (secondary N) is 1. The predicted molar refractivity (Wildman–Crippen MR) is 88.9 cm³/mol. The summed E-state index contributed by atoms with van der Waals surface area (Å²) in [4.78, 5) is 33.7. The lowest BCUT2D eigenvalue weighted by atomic mass is 10.0. The highest BCUT2D eigenvalue weighted by atomic mass is 79.9. The Morgan fingerprint density at radius 1 is 1.29 bits per heavy atom. The van der Waals surface area contributed by atoms with Gasteiger partial charge in [-0.25, -0.2) is 0 Å². The fraction of sp³-hybridized carbons (Fsp3) is 0. The molecule has 0 bridgehead atoms. The Kier molecular flexibility index (Phi) is 5.05. The molecule has 0 aromatic heterocycles. The fourth-order valence-electron chi connectivity index (χ4n) is 1.95. The molecule has 24 heavy (non-hydrogen) atoms. The van der Waals surface area contributed by atoms with Crippen LogP contribution in [0, 0.1) is 10.1 Å². The third-order valence-electron chi connectivity index (χ3n) is 3.02. The Morgan fingerprint density at radius 2 is 1.96 bits per heavy atom. The Bertz CT molecular complexity index is 816. The number of nitro benzene ring substituents is 1. The SMILES string of the molecule is Nc1c(Cl)cc(NC(=O)c2c(C(=O)[O-])cccc2[N+](=O)[O-])cc1Br. The van der Waals surface area contributed by atoms with Crippen molar-refractivity contribution in [2.75, 3.05) is 11.1 Å². The monoisotopic (exact) mass is 412 g/mol. The molecule has 0 radical (unpaired) electrons. The molecular formula is C14H8BrClN3O5-. The standard InChI is InChI=1S/C14H9BrClN3O5/c15-8-4-6(5-9(16)12(8)17)18-13(20)11-7(14(21)22)2-1-3-10(11)19(23)24/h1-5H,17H2,(H,18,20)(H,21,22)/p-1. The van der Waals surface area contributed by atoms with E-state index in [1.165, 1.54) is 12.1 Å². The number of hydrogen-bond donors (Lipinski definition) is 2. The van der Waals surface area contributed by atoms with Crippen LogP contribution in [0.3, 0.4) is 0 Å². The molecule has 0 aliphatic rings. The van der Waals surface area contributed by atoms with Gasteiger partial charge in [0.1, 0.15) is 5.56 Å². The van der Waals surface area contributed by atoms with Crippen molar-refractivity contribution in [3.8, 4) is 0 Å². The Morgan fingerprint density at radius 3 is 2.50 bits per heavy atom. The second kappa shape index (κ2) is 6.85. The van der Waals surface area contributed by atoms with Crippen LogP contribution >= 0.6 is 27.5 Å². The molecule has 0 fully saturated rings. The molecule has 3 N–H and O–H groups in total. The van der Waals surface area contributed by atoms with Gasteiger partial charge < -0.3 is 21.0 Å². The van der Waals surface area contributed by atoms with Gasteiger partial charge in [-0.3, -0.25) is 14.9 Å². The first-order chi connectivity index (χ1) is 11.2. The Balaban J connectivity index is 2.50. The number of halogens is 2. The van der Waals surface area contributed by atoms with Gasteiger partial charge in [0.05, 0.1) is 21.6 Å². The first kappa shape index (κ1) is 17.7. The number of hydrogen-bond acceptors (Lipinski definition) is 6. The zero-order valence-corrected chi connectivity index (χ0v) is 14.1. The molecule has 2 rings (SSSR count). The number of carbonyl (C=O) groups excluding carboxylic acids is 2. The molecule has 2 aromatic rings. The van der Waals surface area contributed by atoms with Crippen LogP contribution in [0.25, 0.3) is 0 Å². The van der Waals surface area contributed by atoms with Crippen LogP contribution in [0.4, 0.5) is 17.1 Å². The first-order valence-corrected chi connectivity index (χ1v) is 7.44. The summed E-state index contributed by atoms with van der Waals surface area (Å²) in [7, 11) is 0. The molecule has 0 aliphatic heterocycles. The average molecular weight is 414 g/mol. The van der Waals surface area contributed by atoms with Crippen molar-refractivity contribution in [3.63, 3.8) is 0 Å². The highest BCUT2D eigenvalue weighted by molar-refractivity contribution is 9.10. The van der Waals surface area contributed by atoms with E-state index in [2.05, 4.69) is 21.2 Å². The van der Waals surface area contributed by atoms with Crippen LogP contribution in [-0.4, -0.2) is 16.8 Å². The van der Waals surface area contributed by atoms with Crippen molar-refractivity contribution in [1.82, 2.24) is 0 Å². The normalized spacial score (nSPS) is 10.2. The summed E-state index contributed by atoms with van der Waals surface area (Å²) >= 11 is 9.04. The van der Waals surface area contributed by atoms with Crippen LogP contribution in [0.5, 0.6) is 0 Å². The number of carboxylic acid groups (broad SMARTS) is 1. The van der Waals surface area contributed by atoms with E-state index in [4.69, 9.17) is 17.3 Å². The van der Waals surface area contributed by atoms with Gasteiger partial charge in [0.25, 0.3) is 11.6 Å². The van der Waals surface area contributed by atoms with Crippen molar-refractivity contribution >= 4 is 56.5 Å². The van der Waals surface area contributed by atoms with Crippen molar-refractivity contribution in [2.45, 2.75) is 0 Å². The summed E-state index contributed by atoms with van der Waals surface area (Å²) in [5.74, 6) is -2.70. The lowest BCUT2D eigenvalue weighted by Crippen LogP contribution is -2.27. The molecule has 8 nitrogen and oxygen atoms in total. The third kappa shape index (κ3) is 3.47. The number of carbonyl (C=O) groups is 2. The number of aromatic carboxylic acids is 1. The van der Waals surface area contributed by atoms with E-state index in [0.29, 0.717) is 4.47 Å². The minimum Gasteiger partial charge on any atom is -0.545 e. The summed E-state index contributed by atoms with van der Waals surface area (Å²) in [5.41, 5.74) is 4.20. The quantitative estimate of drug-likeness (QED) is 0.447. The highest BCUT2D eigenvalue weighted by Gasteiger charge is 2.24. The van der Waals surface area contributed by atoms with Crippen LogP contribution in [0.2, 0.25) is 5.02 Å². The second-order valence-electron chi connectivity index (χ2n) is 4.55. The van der Waals surface area contributed by atoms with Crippen molar-refractivity contribution < 1.29 is 19.6 Å². The predicted octanol–water partition coefficient (Wildman–Crippen LogP) is 2.21. The number of nitro groups is 1. The summed E-state index contributed by atoms with van der Waals surface area (Å²) in [6.07, 6.45) is 0. The molecular weight excluding hydrogens is 406 g/mol. The topological polar surface area (TPSA) is 138 Å². The van der Waals surface area contributed by atoms with Crippen LogP contribution in [0.15, 0.2) is 34.8 Å². The van der Waals surface area contributed by atoms with E-state index in [1.54, 1.807) is 0 Å². The van der Waals surface area contributed by atoms with Gasteiger partial charge in [-0.1, -0.05) is 23.7 Å². The molecule has 0 atom stereocenters. The Hall–Kier alpha value is -2.65. The number of anilines is 2. The van der Waals surface area contributed by atoms with E-state index >= 15 is 0 Å². The lowest BCUT2D eigenvalue weighted by Gasteiger charge is -2.12. The van der Waals surface area contributed by atoms with Gasteiger partial charge in [0, 0.05) is 21.8 Å². The molecule has 0 aliphatic carbocycles. The smallest absolute Gasteiger partial charge is 0.282 e. The summed E-state index contributed by atoms with van der Waals surface area (Å²) in [5, 5.41) is 24.7. The number of rotatable bonds is 4. The minimum absolute atomic E-state index is 0.141. The van der Waals surface area contributed by atoms with Gasteiger partial charge in [-0.15, -0.1) is 0 Å². The van der Waals surface area contributed by atoms with E-state index in [9.17, 15) is 24.8 Å². The molecule has 0 heterocycles. The number of nitrogens with two attached hydrogens (primary N) is 1. The maximum Gasteiger partial charge on any atom is 0.282 e. The molecule has 0 unspecified atom stereocenters.